The summed E-state index contributed by atoms with van der Waals surface area (Å²) in [5.74, 6) is 0. The average Bonchev–Trinajstić information content (AvgIpc) is 3.63. The minimum atomic E-state index is -1.28. The maximum atomic E-state index is 2.52. The predicted octanol–water partition coefficient (Wildman–Crippen LogP) is 3.74. The third-order valence-electron chi connectivity index (χ3n) is 8.89. The maximum Gasteiger partial charge on any atom is -1.00 e. The SMILES string of the molecule is CCc1c(C2=CC=CC2)c(C(C)(C)C)[c]([Zr+2]=[C](c2ccccc2)c2ccccc2)c2c1-c1ccc(C(C)(C)C)cc1C2.[Cl-].[Cl-]. The van der Waals surface area contributed by atoms with E-state index in [1.54, 1.807) is 34.3 Å². The van der Waals surface area contributed by atoms with Crippen LogP contribution in [0.25, 0.3) is 16.7 Å². The normalized spacial score (nSPS) is 13.3. The Morgan fingerprint density at radius 1 is 0.750 bits per heavy atom. The summed E-state index contributed by atoms with van der Waals surface area (Å²) in [5, 5.41) is 0. The van der Waals surface area contributed by atoms with E-state index < -0.39 is 22.8 Å². The second kappa shape index (κ2) is 13.6. The summed E-state index contributed by atoms with van der Waals surface area (Å²) >= 11 is -1.28. The first kappa shape index (κ1) is 34.6. The zero-order valence-electron chi connectivity index (χ0n) is 27.1. The van der Waals surface area contributed by atoms with Crippen LogP contribution in [0.15, 0.2) is 97.1 Å². The molecule has 0 atom stereocenters. The van der Waals surface area contributed by atoms with E-state index in [4.69, 9.17) is 0 Å². The van der Waals surface area contributed by atoms with Crippen LogP contribution < -0.4 is 28.1 Å². The minimum absolute atomic E-state index is 0. The van der Waals surface area contributed by atoms with Crippen molar-refractivity contribution in [3.05, 3.63) is 142 Å². The molecule has 3 heteroatoms. The van der Waals surface area contributed by atoms with Crippen molar-refractivity contribution in [2.45, 2.75) is 78.6 Å². The van der Waals surface area contributed by atoms with Gasteiger partial charge >= 0.3 is 266 Å². The van der Waals surface area contributed by atoms with Gasteiger partial charge in [-0.15, -0.1) is 0 Å². The van der Waals surface area contributed by atoms with E-state index in [1.807, 2.05) is 0 Å². The Hall–Kier alpha value is -2.31. The van der Waals surface area contributed by atoms with Crippen LogP contribution in [0.2, 0.25) is 0 Å². The molecule has 0 aromatic heterocycles. The predicted molar refractivity (Wildman–Crippen MR) is 179 cm³/mol. The molecular weight excluding hydrogens is 655 g/mol. The van der Waals surface area contributed by atoms with E-state index in [-0.39, 0.29) is 35.6 Å². The van der Waals surface area contributed by atoms with Crippen molar-refractivity contribution >= 4 is 12.1 Å². The summed E-state index contributed by atoms with van der Waals surface area (Å²) in [6, 6.07) is 29.8. The van der Waals surface area contributed by atoms with Crippen molar-refractivity contribution in [3.8, 4) is 11.1 Å². The molecule has 2 aliphatic rings. The first-order valence-corrected chi connectivity index (χ1v) is 18.0. The van der Waals surface area contributed by atoms with Crippen molar-refractivity contribution in [2.24, 2.45) is 0 Å². The number of hydrogen-bond acceptors (Lipinski definition) is 0. The number of hydrogen-bond donors (Lipinski definition) is 0. The van der Waals surface area contributed by atoms with Gasteiger partial charge in [-0.25, -0.2) is 0 Å². The van der Waals surface area contributed by atoms with Crippen LogP contribution in [0.1, 0.15) is 99.4 Å². The van der Waals surface area contributed by atoms with E-state index in [1.165, 1.54) is 33.4 Å². The summed E-state index contributed by atoms with van der Waals surface area (Å²) in [4.78, 5) is 0. The molecule has 0 heterocycles. The zero-order chi connectivity index (χ0) is 29.6. The second-order valence-corrected chi connectivity index (χ2v) is 17.0. The van der Waals surface area contributed by atoms with E-state index in [2.05, 4.69) is 146 Å². The summed E-state index contributed by atoms with van der Waals surface area (Å²) < 4.78 is 3.28. The van der Waals surface area contributed by atoms with E-state index in [0.29, 0.717) is 0 Å². The van der Waals surface area contributed by atoms with Crippen LogP contribution in [-0.4, -0.2) is 3.21 Å². The molecule has 0 bridgehead atoms. The van der Waals surface area contributed by atoms with Crippen molar-refractivity contribution in [1.82, 2.24) is 0 Å². The van der Waals surface area contributed by atoms with Gasteiger partial charge in [0.15, 0.2) is 0 Å². The quantitative estimate of drug-likeness (QED) is 0.263. The zero-order valence-corrected chi connectivity index (χ0v) is 31.1. The molecule has 2 aliphatic carbocycles. The van der Waals surface area contributed by atoms with Gasteiger partial charge in [0.2, 0.25) is 0 Å². The van der Waals surface area contributed by atoms with Crippen molar-refractivity contribution in [3.63, 3.8) is 0 Å². The van der Waals surface area contributed by atoms with Crippen LogP contribution in [0.5, 0.6) is 0 Å². The summed E-state index contributed by atoms with van der Waals surface area (Å²) in [6.45, 7) is 16.7. The molecule has 0 aliphatic heterocycles. The first-order valence-electron chi connectivity index (χ1n) is 15.5. The molecule has 0 saturated heterocycles. The molecule has 4 aromatic rings. The summed E-state index contributed by atoms with van der Waals surface area (Å²) in [5.41, 5.74) is 16.8. The van der Waals surface area contributed by atoms with Crippen LogP contribution in [-0.2, 0) is 46.4 Å². The fraction of sp³-hybridized carbons (Fsp3) is 0.293. The monoisotopic (exact) mass is 695 g/mol. The molecule has 0 saturated carbocycles. The Kier molecular flexibility index (Phi) is 10.7. The third-order valence-corrected chi connectivity index (χ3v) is 12.9. The minimum Gasteiger partial charge on any atom is -1.00 e. The second-order valence-electron chi connectivity index (χ2n) is 13.9. The fourth-order valence-corrected chi connectivity index (χ4v) is 11.5. The Balaban J connectivity index is 0.00000221. The first-order chi connectivity index (χ1) is 20.1. The van der Waals surface area contributed by atoms with Gasteiger partial charge < -0.3 is 24.8 Å². The van der Waals surface area contributed by atoms with E-state index in [0.717, 1.165) is 19.3 Å². The van der Waals surface area contributed by atoms with Gasteiger partial charge in [0.25, 0.3) is 0 Å². The Morgan fingerprint density at radius 3 is 1.86 bits per heavy atom. The largest absolute Gasteiger partial charge is 1.00 e. The molecular formula is C41H43Cl2Zr. The number of fused-ring (bicyclic) bond motifs is 3. The summed E-state index contributed by atoms with van der Waals surface area (Å²) in [7, 11) is 0. The van der Waals surface area contributed by atoms with Gasteiger partial charge in [0.1, 0.15) is 0 Å². The van der Waals surface area contributed by atoms with Crippen LogP contribution in [0.3, 0.4) is 0 Å². The number of allylic oxidation sites excluding steroid dienone is 4. The average molecular weight is 698 g/mol. The van der Waals surface area contributed by atoms with Gasteiger partial charge in [-0.05, 0) is 0 Å². The van der Waals surface area contributed by atoms with E-state index in [9.17, 15) is 0 Å². The molecule has 4 aromatic carbocycles. The van der Waals surface area contributed by atoms with Crippen molar-refractivity contribution in [2.75, 3.05) is 0 Å². The molecule has 0 fully saturated rings. The van der Waals surface area contributed by atoms with Crippen LogP contribution in [0.4, 0.5) is 0 Å². The topological polar surface area (TPSA) is 0 Å². The molecule has 0 unspecified atom stereocenters. The maximum absolute atomic E-state index is 2.52. The fourth-order valence-electron chi connectivity index (χ4n) is 6.88. The smallest absolute Gasteiger partial charge is 1.00 e. The number of halogens is 2. The van der Waals surface area contributed by atoms with Gasteiger partial charge in [-0.1, -0.05) is 0 Å². The van der Waals surface area contributed by atoms with Gasteiger partial charge in [-0.3, -0.25) is 0 Å². The molecule has 225 valence electrons. The van der Waals surface area contributed by atoms with Crippen LogP contribution in [0, 0.1) is 0 Å². The van der Waals surface area contributed by atoms with E-state index >= 15 is 0 Å². The van der Waals surface area contributed by atoms with Gasteiger partial charge in [-0.2, -0.15) is 0 Å². The van der Waals surface area contributed by atoms with Gasteiger partial charge in [0, 0.05) is 0 Å². The Labute approximate surface area is 289 Å². The molecule has 0 spiro atoms. The standard InChI is InChI=1S/C28H33.C13H10.2ClH.Zr/c1-8-22-25-20(15-19-16-21(27(2,3)4)13-14-23(19)25)17-24(28(5,6)7)26(22)18-11-9-10-12-18;1-3-7-12(8-4-1)11-13-9-5-2-6-10-13;;;/h9-11,13-14,16H,8,12,15H2,1-7H3;1-10H;2*1H;/q;;;;+2/p-2. The Bertz CT molecular complexity index is 1700. The number of rotatable bonds is 5. The molecule has 0 N–H and O–H groups in total. The molecule has 44 heavy (non-hydrogen) atoms. The van der Waals surface area contributed by atoms with Crippen molar-refractivity contribution in [1.29, 1.82) is 0 Å². The molecule has 0 amide bonds. The van der Waals surface area contributed by atoms with Crippen LogP contribution >= 0.6 is 0 Å². The van der Waals surface area contributed by atoms with Crippen molar-refractivity contribution < 1.29 is 47.6 Å². The Morgan fingerprint density at radius 2 is 1.36 bits per heavy atom. The van der Waals surface area contributed by atoms with Gasteiger partial charge in [0.05, 0.1) is 0 Å². The molecule has 0 nitrogen and oxygen atoms in total. The molecule has 6 rings (SSSR count). The number of benzene rings is 4. The summed E-state index contributed by atoms with van der Waals surface area (Å²) in [6.07, 6.45) is 10.1. The molecule has 0 radical (unpaired) electrons. The third kappa shape index (κ3) is 6.49.